The lowest BCUT2D eigenvalue weighted by molar-refractivity contribution is 0.261. The highest BCUT2D eigenvalue weighted by Gasteiger charge is 2.26. The molecule has 0 amide bonds. The molecule has 0 saturated heterocycles. The quantitative estimate of drug-likeness (QED) is 0.873. The highest BCUT2D eigenvalue weighted by atomic mass is 16.5. The predicted octanol–water partition coefficient (Wildman–Crippen LogP) is 4.08. The van der Waals surface area contributed by atoms with Crippen molar-refractivity contribution in [2.45, 2.75) is 25.7 Å². The van der Waals surface area contributed by atoms with Crippen LogP contribution in [0.1, 0.15) is 29.9 Å². The van der Waals surface area contributed by atoms with Gasteiger partial charge in [-0.15, -0.1) is 0 Å². The molecule has 1 heterocycles. The first-order valence-electron chi connectivity index (χ1n) is 7.85. The number of methoxy groups -OCH3 is 1. The largest absolute Gasteiger partial charge is 0.496 e. The second-order valence-corrected chi connectivity index (χ2v) is 5.91. The predicted molar refractivity (Wildman–Crippen MR) is 90.4 cm³/mol. The zero-order valence-corrected chi connectivity index (χ0v) is 13.2. The van der Waals surface area contributed by atoms with E-state index in [1.54, 1.807) is 7.11 Å². The Morgan fingerprint density at radius 1 is 1.41 bits per heavy atom. The molecule has 116 valence electrons. The molecular weight excluding hydrogens is 274 g/mol. The normalized spacial score (nSPS) is 18.8. The molecule has 1 aromatic carbocycles. The summed E-state index contributed by atoms with van der Waals surface area (Å²) in [6.45, 7) is 2.27. The van der Waals surface area contributed by atoms with E-state index in [1.807, 2.05) is 6.20 Å². The Hall–Kier alpha value is -2.00. The number of aliphatic hydroxyl groups is 1. The summed E-state index contributed by atoms with van der Waals surface area (Å²) in [6, 6.07) is 4.22. The van der Waals surface area contributed by atoms with Gasteiger partial charge >= 0.3 is 0 Å². The fraction of sp³-hybridized carbons (Fsp3) is 0.368. The van der Waals surface area contributed by atoms with Crippen LogP contribution in [0, 0.1) is 12.8 Å². The van der Waals surface area contributed by atoms with E-state index in [0.29, 0.717) is 5.92 Å². The van der Waals surface area contributed by atoms with Gasteiger partial charge in [-0.25, -0.2) is 0 Å². The Labute approximate surface area is 131 Å². The number of aromatic nitrogens is 1. The standard InChI is InChI=1S/C19H23NO2/c1-13-12-17(22-2)18(16-8-10-20-19(13)16)15(9-11-21)14-6-4-3-5-7-14/h3-6,8,10,12,14-15,20-21H,7,9,11H2,1-2H3. The van der Waals surface area contributed by atoms with Crippen molar-refractivity contribution in [3.63, 3.8) is 0 Å². The molecule has 0 spiro atoms. The summed E-state index contributed by atoms with van der Waals surface area (Å²) < 4.78 is 5.68. The third kappa shape index (κ3) is 2.57. The van der Waals surface area contributed by atoms with Gasteiger partial charge in [-0.2, -0.15) is 0 Å². The van der Waals surface area contributed by atoms with Crippen LogP contribution in [-0.2, 0) is 0 Å². The van der Waals surface area contributed by atoms with Crippen LogP contribution in [-0.4, -0.2) is 23.8 Å². The molecule has 0 saturated carbocycles. The van der Waals surface area contributed by atoms with Crippen molar-refractivity contribution in [3.05, 3.63) is 53.8 Å². The first kappa shape index (κ1) is 14.9. The molecule has 0 aliphatic heterocycles. The molecule has 3 nitrogen and oxygen atoms in total. The lowest BCUT2D eigenvalue weighted by atomic mass is 9.78. The van der Waals surface area contributed by atoms with Crippen LogP contribution in [0.15, 0.2) is 42.6 Å². The molecule has 0 radical (unpaired) electrons. The van der Waals surface area contributed by atoms with Gasteiger partial charge in [0.15, 0.2) is 0 Å². The van der Waals surface area contributed by atoms with Gasteiger partial charge in [-0.05, 0) is 49.3 Å². The monoisotopic (exact) mass is 297 g/mol. The molecule has 22 heavy (non-hydrogen) atoms. The molecular formula is C19H23NO2. The van der Waals surface area contributed by atoms with Crippen molar-refractivity contribution in [3.8, 4) is 5.75 Å². The van der Waals surface area contributed by atoms with Gasteiger partial charge in [0.2, 0.25) is 0 Å². The van der Waals surface area contributed by atoms with Crippen molar-refractivity contribution >= 4 is 10.9 Å². The third-order valence-electron chi connectivity index (χ3n) is 4.61. The maximum atomic E-state index is 9.58. The first-order chi connectivity index (χ1) is 10.8. The van der Waals surface area contributed by atoms with Crippen molar-refractivity contribution < 1.29 is 9.84 Å². The highest BCUT2D eigenvalue weighted by molar-refractivity contribution is 5.88. The Morgan fingerprint density at radius 2 is 2.27 bits per heavy atom. The number of ether oxygens (including phenoxy) is 1. The summed E-state index contributed by atoms with van der Waals surface area (Å²) in [4.78, 5) is 3.33. The van der Waals surface area contributed by atoms with E-state index >= 15 is 0 Å². The van der Waals surface area contributed by atoms with E-state index in [4.69, 9.17) is 4.74 Å². The summed E-state index contributed by atoms with van der Waals surface area (Å²) in [6.07, 6.45) is 12.4. The average Bonchev–Trinajstić information content (AvgIpc) is 3.04. The van der Waals surface area contributed by atoms with E-state index in [9.17, 15) is 5.11 Å². The number of H-pyrrole nitrogens is 1. The molecule has 0 bridgehead atoms. The number of allylic oxidation sites excluding steroid dienone is 4. The molecule has 1 aromatic heterocycles. The van der Waals surface area contributed by atoms with Crippen LogP contribution in [0.2, 0.25) is 0 Å². The van der Waals surface area contributed by atoms with Gasteiger partial charge in [0.25, 0.3) is 0 Å². The number of aromatic amines is 1. The molecule has 0 fully saturated rings. The Balaban J connectivity index is 2.15. The fourth-order valence-electron chi connectivity index (χ4n) is 3.56. The van der Waals surface area contributed by atoms with Crippen LogP contribution in [0.25, 0.3) is 10.9 Å². The molecule has 1 aliphatic carbocycles. The molecule has 3 rings (SSSR count). The number of hydrogen-bond donors (Lipinski definition) is 2. The number of nitrogens with one attached hydrogen (secondary N) is 1. The highest BCUT2D eigenvalue weighted by Crippen LogP contribution is 2.42. The lowest BCUT2D eigenvalue weighted by Crippen LogP contribution is -2.15. The summed E-state index contributed by atoms with van der Waals surface area (Å²) in [5.41, 5.74) is 3.56. The Kier molecular flexibility index (Phi) is 4.34. The van der Waals surface area contributed by atoms with Gasteiger partial charge in [0.1, 0.15) is 5.75 Å². The maximum Gasteiger partial charge on any atom is 0.123 e. The van der Waals surface area contributed by atoms with Crippen molar-refractivity contribution in [2.24, 2.45) is 5.92 Å². The fourth-order valence-corrected chi connectivity index (χ4v) is 3.56. The number of fused-ring (bicyclic) bond motifs is 1. The minimum absolute atomic E-state index is 0.182. The van der Waals surface area contributed by atoms with E-state index < -0.39 is 0 Å². The van der Waals surface area contributed by atoms with Gasteiger partial charge in [0, 0.05) is 29.3 Å². The Morgan fingerprint density at radius 3 is 2.95 bits per heavy atom. The van der Waals surface area contributed by atoms with Gasteiger partial charge < -0.3 is 14.8 Å². The van der Waals surface area contributed by atoms with Crippen LogP contribution >= 0.6 is 0 Å². The average molecular weight is 297 g/mol. The smallest absolute Gasteiger partial charge is 0.123 e. The number of aryl methyl sites for hydroxylation is 1. The zero-order valence-electron chi connectivity index (χ0n) is 13.2. The van der Waals surface area contributed by atoms with Gasteiger partial charge in [-0.1, -0.05) is 24.3 Å². The zero-order chi connectivity index (χ0) is 15.5. The second-order valence-electron chi connectivity index (χ2n) is 5.91. The van der Waals surface area contributed by atoms with Gasteiger partial charge in [0.05, 0.1) is 7.11 Å². The van der Waals surface area contributed by atoms with Gasteiger partial charge in [-0.3, -0.25) is 0 Å². The minimum atomic E-state index is 0.182. The molecule has 2 aromatic rings. The van der Waals surface area contributed by atoms with Crippen molar-refractivity contribution in [2.75, 3.05) is 13.7 Å². The summed E-state index contributed by atoms with van der Waals surface area (Å²) >= 11 is 0. The SMILES string of the molecule is COc1cc(C)c2[nH]ccc2c1C(CCO)C1C=CC=CC1. The second kappa shape index (κ2) is 6.41. The van der Waals surface area contributed by atoms with Crippen LogP contribution in [0.3, 0.4) is 0 Å². The molecule has 1 aliphatic rings. The topological polar surface area (TPSA) is 45.2 Å². The Bertz CT molecular complexity index is 712. The van der Waals surface area contributed by atoms with Crippen LogP contribution in [0.5, 0.6) is 5.75 Å². The van der Waals surface area contributed by atoms with Crippen LogP contribution in [0.4, 0.5) is 0 Å². The maximum absolute atomic E-state index is 9.58. The molecule has 2 unspecified atom stereocenters. The minimum Gasteiger partial charge on any atom is -0.496 e. The number of benzene rings is 1. The summed E-state index contributed by atoms with van der Waals surface area (Å²) in [5, 5.41) is 10.8. The number of aliphatic hydroxyl groups excluding tert-OH is 1. The molecule has 2 atom stereocenters. The summed E-state index contributed by atoms with van der Waals surface area (Å²) in [7, 11) is 1.73. The molecule has 2 N–H and O–H groups in total. The van der Waals surface area contributed by atoms with E-state index in [2.05, 4.69) is 48.3 Å². The number of rotatable bonds is 5. The first-order valence-corrected chi connectivity index (χ1v) is 7.85. The lowest BCUT2D eigenvalue weighted by Gasteiger charge is -2.27. The number of hydrogen-bond acceptors (Lipinski definition) is 2. The van der Waals surface area contributed by atoms with E-state index in [0.717, 1.165) is 24.1 Å². The van der Waals surface area contributed by atoms with Crippen molar-refractivity contribution in [1.29, 1.82) is 0 Å². The third-order valence-corrected chi connectivity index (χ3v) is 4.61. The van der Waals surface area contributed by atoms with Crippen LogP contribution < -0.4 is 4.74 Å². The van der Waals surface area contributed by atoms with E-state index in [-0.39, 0.29) is 12.5 Å². The van der Waals surface area contributed by atoms with E-state index in [1.165, 1.54) is 16.5 Å². The summed E-state index contributed by atoms with van der Waals surface area (Å²) in [5.74, 6) is 1.57. The molecule has 3 heteroatoms. The van der Waals surface area contributed by atoms with Crippen molar-refractivity contribution in [1.82, 2.24) is 4.98 Å².